The summed E-state index contributed by atoms with van der Waals surface area (Å²) in [6.45, 7) is 9.18. The first-order chi connectivity index (χ1) is 7.99. The minimum Gasteiger partial charge on any atom is -0.373 e. The molecule has 3 atom stereocenters. The highest BCUT2D eigenvalue weighted by Crippen LogP contribution is 2.15. The monoisotopic (exact) mass is 239 g/mol. The fraction of sp³-hybridized carbons (Fsp3) is 0.923. The summed E-state index contributed by atoms with van der Waals surface area (Å²) in [5, 5.41) is 9.00. The van der Waals surface area contributed by atoms with Gasteiger partial charge in [0, 0.05) is 13.1 Å². The van der Waals surface area contributed by atoms with Crippen LogP contribution in [0.5, 0.6) is 0 Å². The molecular weight excluding hydrogens is 214 g/mol. The van der Waals surface area contributed by atoms with E-state index in [0.717, 1.165) is 38.9 Å². The third-order valence-corrected chi connectivity index (χ3v) is 3.45. The lowest BCUT2D eigenvalue weighted by atomic mass is 9.93. The minimum absolute atomic E-state index is 0.309. The molecule has 4 heteroatoms. The summed E-state index contributed by atoms with van der Waals surface area (Å²) in [6.07, 6.45) is 3.10. The lowest BCUT2D eigenvalue weighted by Gasteiger charge is -2.35. The largest absolute Gasteiger partial charge is 0.373 e. The van der Waals surface area contributed by atoms with Crippen LogP contribution in [0.3, 0.4) is 0 Å². The topological polar surface area (TPSA) is 62.3 Å². The first-order valence-corrected chi connectivity index (χ1v) is 6.57. The molecule has 0 aromatic heterocycles. The predicted molar refractivity (Wildman–Crippen MR) is 68.5 cm³/mol. The van der Waals surface area contributed by atoms with Gasteiger partial charge in [0.15, 0.2) is 0 Å². The third-order valence-electron chi connectivity index (χ3n) is 3.45. The zero-order chi connectivity index (χ0) is 12.9. The van der Waals surface area contributed by atoms with Gasteiger partial charge >= 0.3 is 0 Å². The smallest absolute Gasteiger partial charge is 0.104 e. The van der Waals surface area contributed by atoms with Crippen LogP contribution in [0, 0.1) is 11.3 Å². The van der Waals surface area contributed by atoms with Crippen molar-refractivity contribution in [3.63, 3.8) is 0 Å². The van der Waals surface area contributed by atoms with E-state index >= 15 is 0 Å². The van der Waals surface area contributed by atoms with E-state index in [2.05, 4.69) is 24.8 Å². The van der Waals surface area contributed by atoms with E-state index in [-0.39, 0.29) is 0 Å². The highest BCUT2D eigenvalue weighted by Gasteiger charge is 2.24. The van der Waals surface area contributed by atoms with Gasteiger partial charge in [-0.2, -0.15) is 5.26 Å². The summed E-state index contributed by atoms with van der Waals surface area (Å²) in [7, 11) is 0. The SMILES string of the molecule is CCC(N)(C#N)CCCN1C[C@@H](C)O[C@@H](C)C1. The van der Waals surface area contributed by atoms with Gasteiger partial charge in [-0.3, -0.25) is 4.90 Å². The summed E-state index contributed by atoms with van der Waals surface area (Å²) in [5.74, 6) is 0. The average Bonchev–Trinajstić information content (AvgIpc) is 2.27. The molecule has 1 fully saturated rings. The lowest BCUT2D eigenvalue weighted by molar-refractivity contribution is -0.0683. The third kappa shape index (κ3) is 4.63. The number of ether oxygens (including phenoxy) is 1. The molecular formula is C13H25N3O. The van der Waals surface area contributed by atoms with E-state index in [0.29, 0.717) is 12.2 Å². The second kappa shape index (κ2) is 6.34. The van der Waals surface area contributed by atoms with Crippen LogP contribution in [-0.2, 0) is 4.74 Å². The van der Waals surface area contributed by atoms with Gasteiger partial charge in [0.05, 0.1) is 18.3 Å². The molecule has 1 aliphatic heterocycles. The first kappa shape index (κ1) is 14.4. The van der Waals surface area contributed by atoms with Crippen LogP contribution in [0.25, 0.3) is 0 Å². The van der Waals surface area contributed by atoms with Gasteiger partial charge < -0.3 is 10.5 Å². The van der Waals surface area contributed by atoms with E-state index in [9.17, 15) is 0 Å². The average molecular weight is 239 g/mol. The Kier molecular flexibility index (Phi) is 5.38. The quantitative estimate of drug-likeness (QED) is 0.790. The maximum absolute atomic E-state index is 9.00. The summed E-state index contributed by atoms with van der Waals surface area (Å²) < 4.78 is 5.69. The highest BCUT2D eigenvalue weighted by molar-refractivity contribution is 5.03. The van der Waals surface area contributed by atoms with Crippen molar-refractivity contribution < 1.29 is 4.74 Å². The van der Waals surface area contributed by atoms with Crippen LogP contribution in [0.15, 0.2) is 0 Å². The minimum atomic E-state index is -0.635. The number of nitrogens with zero attached hydrogens (tertiary/aromatic N) is 2. The van der Waals surface area contributed by atoms with Crippen molar-refractivity contribution in [2.45, 2.75) is 57.8 Å². The van der Waals surface area contributed by atoms with Crippen LogP contribution in [-0.4, -0.2) is 42.3 Å². The Morgan fingerprint density at radius 2 is 2.00 bits per heavy atom. The number of rotatable bonds is 5. The fourth-order valence-electron chi connectivity index (χ4n) is 2.40. The van der Waals surface area contributed by atoms with Crippen molar-refractivity contribution in [1.82, 2.24) is 4.90 Å². The molecule has 0 spiro atoms. The number of hydrogen-bond acceptors (Lipinski definition) is 4. The van der Waals surface area contributed by atoms with Crippen molar-refractivity contribution in [3.8, 4) is 6.07 Å². The molecule has 0 saturated carbocycles. The Hall–Kier alpha value is -0.630. The Morgan fingerprint density at radius 3 is 2.47 bits per heavy atom. The molecule has 1 aliphatic rings. The normalized spacial score (nSPS) is 29.6. The number of morpholine rings is 1. The van der Waals surface area contributed by atoms with Gasteiger partial charge in [0.25, 0.3) is 0 Å². The van der Waals surface area contributed by atoms with E-state index in [1.54, 1.807) is 0 Å². The highest BCUT2D eigenvalue weighted by atomic mass is 16.5. The van der Waals surface area contributed by atoms with E-state index in [1.165, 1.54) is 0 Å². The lowest BCUT2D eigenvalue weighted by Crippen LogP contribution is -2.46. The Bertz CT molecular complexity index is 266. The van der Waals surface area contributed by atoms with Crippen LogP contribution in [0.2, 0.25) is 0 Å². The molecule has 0 aliphatic carbocycles. The molecule has 17 heavy (non-hydrogen) atoms. The molecule has 1 rings (SSSR count). The van der Waals surface area contributed by atoms with Crippen LogP contribution in [0.1, 0.15) is 40.0 Å². The second-order valence-electron chi connectivity index (χ2n) is 5.24. The number of nitrogens with two attached hydrogens (primary N) is 1. The van der Waals surface area contributed by atoms with Crippen molar-refractivity contribution in [2.24, 2.45) is 5.73 Å². The van der Waals surface area contributed by atoms with Gasteiger partial charge in [-0.1, -0.05) is 6.92 Å². The molecule has 98 valence electrons. The Labute approximate surface area is 105 Å². The maximum atomic E-state index is 9.00. The zero-order valence-corrected chi connectivity index (χ0v) is 11.3. The van der Waals surface area contributed by atoms with Gasteiger partial charge in [0.1, 0.15) is 5.54 Å². The van der Waals surface area contributed by atoms with Crippen LogP contribution >= 0.6 is 0 Å². The van der Waals surface area contributed by atoms with Crippen molar-refractivity contribution in [1.29, 1.82) is 5.26 Å². The zero-order valence-electron chi connectivity index (χ0n) is 11.3. The molecule has 4 nitrogen and oxygen atoms in total. The molecule has 2 N–H and O–H groups in total. The fourth-order valence-corrected chi connectivity index (χ4v) is 2.40. The van der Waals surface area contributed by atoms with Crippen molar-refractivity contribution in [2.75, 3.05) is 19.6 Å². The van der Waals surface area contributed by atoms with Crippen molar-refractivity contribution >= 4 is 0 Å². The molecule has 0 aromatic carbocycles. The summed E-state index contributed by atoms with van der Waals surface area (Å²) in [5.41, 5.74) is 5.33. The summed E-state index contributed by atoms with van der Waals surface area (Å²) in [4.78, 5) is 2.41. The van der Waals surface area contributed by atoms with Gasteiger partial charge in [-0.25, -0.2) is 0 Å². The van der Waals surface area contributed by atoms with E-state index < -0.39 is 5.54 Å². The van der Waals surface area contributed by atoms with Gasteiger partial charge in [-0.15, -0.1) is 0 Å². The van der Waals surface area contributed by atoms with Gasteiger partial charge in [-0.05, 0) is 39.7 Å². The molecule has 1 saturated heterocycles. The molecule has 0 aromatic rings. The summed E-state index contributed by atoms with van der Waals surface area (Å²) in [6, 6.07) is 2.22. The molecule has 1 unspecified atom stereocenters. The Balaban J connectivity index is 2.29. The second-order valence-corrected chi connectivity index (χ2v) is 5.24. The number of hydrogen-bond donors (Lipinski definition) is 1. The maximum Gasteiger partial charge on any atom is 0.104 e. The standard InChI is InChI=1S/C13H25N3O/c1-4-13(15,10-14)6-5-7-16-8-11(2)17-12(3)9-16/h11-12H,4-9,15H2,1-3H3/t11-,12+,13?. The first-order valence-electron chi connectivity index (χ1n) is 6.57. The molecule has 1 heterocycles. The summed E-state index contributed by atoms with van der Waals surface area (Å²) >= 11 is 0. The van der Waals surface area contributed by atoms with E-state index in [4.69, 9.17) is 15.7 Å². The van der Waals surface area contributed by atoms with Crippen LogP contribution < -0.4 is 5.73 Å². The molecule has 0 bridgehead atoms. The van der Waals surface area contributed by atoms with Crippen LogP contribution in [0.4, 0.5) is 0 Å². The van der Waals surface area contributed by atoms with Gasteiger partial charge in [0.2, 0.25) is 0 Å². The molecule has 0 amide bonds. The number of nitriles is 1. The van der Waals surface area contributed by atoms with Crippen molar-refractivity contribution in [3.05, 3.63) is 0 Å². The molecule has 0 radical (unpaired) electrons. The van der Waals surface area contributed by atoms with E-state index in [1.807, 2.05) is 6.92 Å². The Morgan fingerprint density at radius 1 is 1.41 bits per heavy atom. The predicted octanol–water partition coefficient (Wildman–Crippen LogP) is 1.51.